The molecule has 0 radical (unpaired) electrons. The van der Waals surface area contributed by atoms with E-state index in [1.807, 2.05) is 0 Å². The Balaban J connectivity index is 1.37. The predicted octanol–water partition coefficient (Wildman–Crippen LogP) is 1.18. The van der Waals surface area contributed by atoms with E-state index in [0.717, 1.165) is 65.3 Å². The molecule has 1 aromatic rings. The third kappa shape index (κ3) is 3.45. The molecule has 0 spiro atoms. The fourth-order valence-electron chi connectivity index (χ4n) is 5.42. The van der Waals surface area contributed by atoms with Crippen LogP contribution in [-0.2, 0) is 10.2 Å². The molecule has 3 atom stereocenters. The van der Waals surface area contributed by atoms with Gasteiger partial charge in [0.15, 0.2) is 5.11 Å². The second kappa shape index (κ2) is 7.71. The minimum Gasteiger partial charge on any atom is -0.376 e. The summed E-state index contributed by atoms with van der Waals surface area (Å²) >= 11 is 5.49. The minimum absolute atomic E-state index is 0.0455. The molecule has 5 aliphatic heterocycles. The first-order valence-corrected chi connectivity index (χ1v) is 10.9. The molecule has 6 nitrogen and oxygen atoms in total. The van der Waals surface area contributed by atoms with Gasteiger partial charge in [-0.15, -0.1) is 0 Å². The van der Waals surface area contributed by atoms with Gasteiger partial charge in [0.2, 0.25) is 0 Å². The molecular weight excluding hydrogens is 370 g/mol. The molecular formula is C21H29N5OS. The van der Waals surface area contributed by atoms with Crippen molar-refractivity contribution >= 4 is 23.0 Å². The zero-order valence-corrected chi connectivity index (χ0v) is 17.1. The first kappa shape index (κ1) is 18.5. The van der Waals surface area contributed by atoms with Crippen LogP contribution in [-0.4, -0.2) is 79.1 Å². The molecule has 150 valence electrons. The Morgan fingerprint density at radius 2 is 1.93 bits per heavy atom. The lowest BCUT2D eigenvalue weighted by molar-refractivity contribution is 0.114. The number of piperidine rings is 2. The van der Waals surface area contributed by atoms with Crippen molar-refractivity contribution in [1.29, 1.82) is 0 Å². The second-order valence-electron chi connectivity index (χ2n) is 8.57. The number of nitrogens with one attached hydrogen (secondary N) is 2. The summed E-state index contributed by atoms with van der Waals surface area (Å²) in [5.41, 5.74) is 5.76. The van der Waals surface area contributed by atoms with Crippen molar-refractivity contribution in [3.8, 4) is 0 Å². The highest BCUT2D eigenvalue weighted by atomic mass is 32.1. The molecule has 4 bridgehead atoms. The van der Waals surface area contributed by atoms with E-state index >= 15 is 0 Å². The van der Waals surface area contributed by atoms with E-state index in [-0.39, 0.29) is 11.5 Å². The van der Waals surface area contributed by atoms with Crippen LogP contribution in [0.4, 0.5) is 0 Å². The van der Waals surface area contributed by atoms with Crippen LogP contribution in [0.1, 0.15) is 18.4 Å². The van der Waals surface area contributed by atoms with Crippen LogP contribution in [0.5, 0.6) is 0 Å². The first-order chi connectivity index (χ1) is 13.7. The lowest BCUT2D eigenvalue weighted by Crippen LogP contribution is -2.64. The van der Waals surface area contributed by atoms with E-state index in [1.54, 1.807) is 0 Å². The van der Waals surface area contributed by atoms with Crippen molar-refractivity contribution in [2.75, 3.05) is 52.4 Å². The number of ether oxygens (including phenoxy) is 1. The highest BCUT2D eigenvalue weighted by Gasteiger charge is 2.53. The maximum atomic E-state index is 5.67. The van der Waals surface area contributed by atoms with Gasteiger partial charge in [-0.2, -0.15) is 5.10 Å². The van der Waals surface area contributed by atoms with Gasteiger partial charge in [-0.25, -0.2) is 0 Å². The fraction of sp³-hybridized carbons (Fsp3) is 0.619. The van der Waals surface area contributed by atoms with Gasteiger partial charge in [-0.3, -0.25) is 5.43 Å². The average molecular weight is 400 g/mol. The Morgan fingerprint density at radius 3 is 2.61 bits per heavy atom. The number of rotatable bonds is 4. The average Bonchev–Trinajstić information content (AvgIpc) is 3.12. The maximum absolute atomic E-state index is 5.67. The molecule has 5 saturated heterocycles. The first-order valence-electron chi connectivity index (χ1n) is 10.5. The number of nitrogens with zero attached hydrogens (tertiary/aromatic N) is 3. The van der Waals surface area contributed by atoms with Crippen molar-refractivity contribution < 1.29 is 4.74 Å². The standard InChI is InChI=1S/C21H29N5OS/c28-20(22-11-18-7-4-10-27-18)24-23-19-16-12-25-8-9-26(13-16)15-21(19,14-25)17-5-2-1-3-6-17/h1-3,5-6,16,18H,4,7-15H2,(H2,22,24,28)/b23-19-. The fourth-order valence-corrected chi connectivity index (χ4v) is 5.55. The molecule has 5 aliphatic rings. The molecule has 0 amide bonds. The van der Waals surface area contributed by atoms with Gasteiger partial charge < -0.3 is 19.9 Å². The number of fused-ring (bicyclic) bond motifs is 1. The van der Waals surface area contributed by atoms with Crippen LogP contribution in [0.2, 0.25) is 0 Å². The summed E-state index contributed by atoms with van der Waals surface area (Å²) in [6.07, 6.45) is 2.52. The van der Waals surface area contributed by atoms with Gasteiger partial charge in [0.1, 0.15) is 0 Å². The van der Waals surface area contributed by atoms with Gasteiger partial charge in [0.05, 0.1) is 17.2 Å². The molecule has 0 saturated carbocycles. The number of thiocarbonyl (C=S) groups is 1. The zero-order valence-electron chi connectivity index (χ0n) is 16.3. The Labute approximate surface area is 172 Å². The molecule has 6 rings (SSSR count). The lowest BCUT2D eigenvalue weighted by atomic mass is 9.66. The number of hydrogen-bond acceptors (Lipinski definition) is 5. The summed E-state index contributed by atoms with van der Waals surface area (Å²) in [7, 11) is 0. The van der Waals surface area contributed by atoms with E-state index in [4.69, 9.17) is 22.1 Å². The van der Waals surface area contributed by atoms with Crippen LogP contribution in [0.3, 0.4) is 0 Å². The van der Waals surface area contributed by atoms with Crippen LogP contribution >= 0.6 is 12.2 Å². The molecule has 1 aromatic carbocycles. The summed E-state index contributed by atoms with van der Waals surface area (Å²) < 4.78 is 5.67. The topological polar surface area (TPSA) is 52.1 Å². The van der Waals surface area contributed by atoms with E-state index in [2.05, 4.69) is 50.9 Å². The molecule has 2 N–H and O–H groups in total. The van der Waals surface area contributed by atoms with Crippen LogP contribution < -0.4 is 10.7 Å². The lowest BCUT2D eigenvalue weighted by Gasteiger charge is -2.50. The SMILES string of the molecule is S=C(NCC1CCCO1)N/N=C1/C2CN3CCN(C2)CC1(c1ccccc1)C3. The third-order valence-corrected chi connectivity index (χ3v) is 6.91. The highest BCUT2D eigenvalue weighted by Crippen LogP contribution is 2.40. The van der Waals surface area contributed by atoms with Crippen molar-refractivity contribution in [2.24, 2.45) is 11.0 Å². The quantitative estimate of drug-likeness (QED) is 0.586. The van der Waals surface area contributed by atoms with Crippen molar-refractivity contribution in [2.45, 2.75) is 24.4 Å². The second-order valence-corrected chi connectivity index (χ2v) is 8.98. The molecule has 5 fully saturated rings. The summed E-state index contributed by atoms with van der Waals surface area (Å²) in [5.74, 6) is 0.457. The van der Waals surface area contributed by atoms with E-state index in [0.29, 0.717) is 11.0 Å². The minimum atomic E-state index is -0.0455. The third-order valence-electron chi connectivity index (χ3n) is 6.67. The number of benzene rings is 1. The highest BCUT2D eigenvalue weighted by molar-refractivity contribution is 7.80. The maximum Gasteiger partial charge on any atom is 0.187 e. The van der Waals surface area contributed by atoms with Crippen molar-refractivity contribution in [3.05, 3.63) is 35.9 Å². The summed E-state index contributed by atoms with van der Waals surface area (Å²) in [4.78, 5) is 5.25. The van der Waals surface area contributed by atoms with Crippen molar-refractivity contribution in [1.82, 2.24) is 20.5 Å². The Kier molecular flexibility index (Phi) is 5.09. The van der Waals surface area contributed by atoms with Gasteiger partial charge in [0, 0.05) is 58.3 Å². The smallest absolute Gasteiger partial charge is 0.187 e. The van der Waals surface area contributed by atoms with Crippen LogP contribution in [0, 0.1) is 5.92 Å². The normalized spacial score (nSPS) is 37.8. The molecule has 7 heteroatoms. The molecule has 0 aromatic heterocycles. The number of hydrogen-bond donors (Lipinski definition) is 2. The summed E-state index contributed by atoms with van der Waals surface area (Å²) in [6, 6.07) is 10.9. The van der Waals surface area contributed by atoms with Gasteiger partial charge in [0.25, 0.3) is 0 Å². The molecule has 28 heavy (non-hydrogen) atoms. The van der Waals surface area contributed by atoms with Gasteiger partial charge in [-0.1, -0.05) is 30.3 Å². The van der Waals surface area contributed by atoms with Gasteiger partial charge in [-0.05, 0) is 30.6 Å². The molecule has 5 heterocycles. The number of hydrazone groups is 1. The monoisotopic (exact) mass is 399 g/mol. The van der Waals surface area contributed by atoms with Crippen molar-refractivity contribution in [3.63, 3.8) is 0 Å². The predicted molar refractivity (Wildman–Crippen MR) is 115 cm³/mol. The molecule has 0 aliphatic carbocycles. The van der Waals surface area contributed by atoms with E-state index < -0.39 is 0 Å². The Morgan fingerprint density at radius 1 is 1.18 bits per heavy atom. The summed E-state index contributed by atoms with van der Waals surface area (Å²) in [6.45, 7) is 8.22. The Hall–Kier alpha value is -1.54. The summed E-state index contributed by atoms with van der Waals surface area (Å²) in [5, 5.41) is 8.80. The van der Waals surface area contributed by atoms with Crippen LogP contribution in [0.15, 0.2) is 35.4 Å². The van der Waals surface area contributed by atoms with Gasteiger partial charge >= 0.3 is 0 Å². The van der Waals surface area contributed by atoms with E-state index in [9.17, 15) is 0 Å². The molecule has 3 unspecified atom stereocenters. The van der Waals surface area contributed by atoms with E-state index in [1.165, 1.54) is 11.3 Å². The van der Waals surface area contributed by atoms with Crippen LogP contribution in [0.25, 0.3) is 0 Å². The largest absolute Gasteiger partial charge is 0.376 e. The Bertz CT molecular complexity index is 732. The zero-order chi connectivity index (χ0) is 19.0.